The van der Waals surface area contributed by atoms with E-state index in [0.717, 1.165) is 4.70 Å². The molecule has 8 heteroatoms. The summed E-state index contributed by atoms with van der Waals surface area (Å²) < 4.78 is 13.9. The van der Waals surface area contributed by atoms with Crippen LogP contribution in [0.15, 0.2) is 42.5 Å². The van der Waals surface area contributed by atoms with Gasteiger partial charge in [-0.05, 0) is 29.8 Å². The number of thiophene rings is 1. The van der Waals surface area contributed by atoms with Crippen molar-refractivity contribution in [1.82, 2.24) is 5.32 Å². The number of amides is 1. The summed E-state index contributed by atoms with van der Waals surface area (Å²) in [4.78, 5) is 24.1. The van der Waals surface area contributed by atoms with Crippen LogP contribution in [0.3, 0.4) is 0 Å². The van der Waals surface area contributed by atoms with E-state index in [0.29, 0.717) is 16.0 Å². The summed E-state index contributed by atoms with van der Waals surface area (Å²) in [6.45, 7) is 0. The summed E-state index contributed by atoms with van der Waals surface area (Å²) in [7, 11) is 0. The van der Waals surface area contributed by atoms with Gasteiger partial charge < -0.3 is 10.4 Å². The minimum absolute atomic E-state index is 0.265. The second-order valence-electron chi connectivity index (χ2n) is 5.56. The molecule has 0 saturated heterocycles. The van der Waals surface area contributed by atoms with Gasteiger partial charge in [-0.2, -0.15) is 0 Å². The standard InChI is InChI=1S/C18H12Cl2FNO3S/c19-10-3-6-12-14(7-10)26-17(16(12)20)18(25)22-13(8-15(23)24)9-1-4-11(21)5-2-9/h1-7,13H,8H2,(H,22,25)(H,23,24). The van der Waals surface area contributed by atoms with E-state index in [1.807, 2.05) is 0 Å². The van der Waals surface area contributed by atoms with Crippen LogP contribution in [0.2, 0.25) is 10.0 Å². The highest BCUT2D eigenvalue weighted by molar-refractivity contribution is 7.21. The zero-order chi connectivity index (χ0) is 18.8. The number of aliphatic carboxylic acids is 1. The van der Waals surface area contributed by atoms with Crippen LogP contribution in [0.25, 0.3) is 10.1 Å². The topological polar surface area (TPSA) is 66.4 Å². The third-order valence-electron chi connectivity index (χ3n) is 3.75. The van der Waals surface area contributed by atoms with Crippen LogP contribution in [-0.2, 0) is 4.79 Å². The van der Waals surface area contributed by atoms with Crippen LogP contribution in [0.1, 0.15) is 27.7 Å². The molecule has 1 atom stereocenters. The Morgan fingerprint density at radius 1 is 1.15 bits per heavy atom. The lowest BCUT2D eigenvalue weighted by Gasteiger charge is -2.17. The number of benzene rings is 2. The fraction of sp³-hybridized carbons (Fsp3) is 0.111. The van der Waals surface area contributed by atoms with E-state index in [9.17, 15) is 14.0 Å². The van der Waals surface area contributed by atoms with Gasteiger partial charge in [-0.1, -0.05) is 41.4 Å². The third kappa shape index (κ3) is 3.98. The molecule has 0 aliphatic rings. The van der Waals surface area contributed by atoms with Crippen LogP contribution in [0, 0.1) is 5.82 Å². The van der Waals surface area contributed by atoms with Crippen LogP contribution < -0.4 is 5.32 Å². The van der Waals surface area contributed by atoms with Gasteiger partial charge in [-0.3, -0.25) is 9.59 Å². The molecule has 1 aromatic heterocycles. The fourth-order valence-electron chi connectivity index (χ4n) is 2.53. The summed E-state index contributed by atoms with van der Waals surface area (Å²) in [5, 5.41) is 13.3. The number of halogens is 3. The highest BCUT2D eigenvalue weighted by Crippen LogP contribution is 2.37. The van der Waals surface area contributed by atoms with Gasteiger partial charge in [0.2, 0.25) is 0 Å². The molecule has 2 aromatic carbocycles. The fourth-order valence-corrected chi connectivity index (χ4v) is 4.23. The number of rotatable bonds is 5. The van der Waals surface area contributed by atoms with Crippen molar-refractivity contribution < 1.29 is 19.1 Å². The Morgan fingerprint density at radius 3 is 2.50 bits per heavy atom. The molecule has 0 bridgehead atoms. The number of carboxylic acids is 1. The first-order valence-electron chi connectivity index (χ1n) is 7.51. The lowest BCUT2D eigenvalue weighted by atomic mass is 10.0. The molecule has 0 aliphatic heterocycles. The van der Waals surface area contributed by atoms with E-state index < -0.39 is 23.7 Å². The van der Waals surface area contributed by atoms with E-state index in [4.69, 9.17) is 28.3 Å². The van der Waals surface area contributed by atoms with Crippen molar-refractivity contribution in [2.45, 2.75) is 12.5 Å². The summed E-state index contributed by atoms with van der Waals surface area (Å²) in [5.74, 6) is -2.03. The van der Waals surface area contributed by atoms with E-state index in [-0.39, 0.29) is 16.3 Å². The summed E-state index contributed by atoms with van der Waals surface area (Å²) >= 11 is 13.4. The maximum absolute atomic E-state index is 13.1. The van der Waals surface area contributed by atoms with E-state index in [2.05, 4.69) is 5.32 Å². The van der Waals surface area contributed by atoms with Crippen molar-refractivity contribution in [3.8, 4) is 0 Å². The zero-order valence-corrected chi connectivity index (χ0v) is 15.5. The summed E-state index contributed by atoms with van der Waals surface area (Å²) in [6, 6.07) is 9.60. The Kier molecular flexibility index (Phi) is 5.46. The number of fused-ring (bicyclic) bond motifs is 1. The molecule has 1 amide bonds. The highest BCUT2D eigenvalue weighted by atomic mass is 35.5. The monoisotopic (exact) mass is 411 g/mol. The van der Waals surface area contributed by atoms with Gasteiger partial charge in [0.1, 0.15) is 10.7 Å². The number of hydrogen-bond acceptors (Lipinski definition) is 3. The van der Waals surface area contributed by atoms with Crippen LogP contribution in [-0.4, -0.2) is 17.0 Å². The number of carbonyl (C=O) groups is 2. The first-order chi connectivity index (χ1) is 12.3. The minimum Gasteiger partial charge on any atom is -0.481 e. The maximum Gasteiger partial charge on any atom is 0.305 e. The van der Waals surface area contributed by atoms with Crippen molar-refractivity contribution in [2.75, 3.05) is 0 Å². The van der Waals surface area contributed by atoms with Crippen LogP contribution >= 0.6 is 34.5 Å². The average Bonchev–Trinajstić information content (AvgIpc) is 2.90. The lowest BCUT2D eigenvalue weighted by molar-refractivity contribution is -0.137. The summed E-state index contributed by atoms with van der Waals surface area (Å²) in [6.07, 6.45) is -0.342. The van der Waals surface area contributed by atoms with Gasteiger partial charge in [-0.25, -0.2) is 4.39 Å². The number of carboxylic acid groups (broad SMARTS) is 1. The predicted octanol–water partition coefficient (Wildman–Crippen LogP) is 5.29. The molecule has 4 nitrogen and oxygen atoms in total. The Balaban J connectivity index is 1.91. The number of nitrogens with one attached hydrogen (secondary N) is 1. The molecule has 134 valence electrons. The molecule has 3 rings (SSSR count). The zero-order valence-electron chi connectivity index (χ0n) is 13.1. The molecule has 0 aliphatic carbocycles. The maximum atomic E-state index is 13.1. The van der Waals surface area contributed by atoms with Crippen LogP contribution in [0.5, 0.6) is 0 Å². The Morgan fingerprint density at radius 2 is 1.85 bits per heavy atom. The second kappa shape index (κ2) is 7.61. The molecule has 1 unspecified atom stereocenters. The SMILES string of the molecule is O=C(O)CC(NC(=O)c1sc2cc(Cl)ccc2c1Cl)c1ccc(F)cc1. The van der Waals surface area contributed by atoms with E-state index in [1.165, 1.54) is 35.6 Å². The first kappa shape index (κ1) is 18.6. The smallest absolute Gasteiger partial charge is 0.305 e. The van der Waals surface area contributed by atoms with Crippen molar-refractivity contribution >= 4 is 56.5 Å². The Bertz CT molecular complexity index is 988. The molecule has 0 radical (unpaired) electrons. The second-order valence-corrected chi connectivity index (χ2v) is 7.43. The molecule has 1 heterocycles. The first-order valence-corrected chi connectivity index (χ1v) is 9.08. The molecule has 2 N–H and O–H groups in total. The molecule has 3 aromatic rings. The van der Waals surface area contributed by atoms with Gasteiger partial charge in [0.25, 0.3) is 5.91 Å². The number of carbonyl (C=O) groups excluding carboxylic acids is 1. The Hall–Kier alpha value is -2.15. The van der Waals surface area contributed by atoms with Crippen molar-refractivity contribution in [3.63, 3.8) is 0 Å². The highest BCUT2D eigenvalue weighted by Gasteiger charge is 2.23. The number of hydrogen-bond donors (Lipinski definition) is 2. The normalized spacial score (nSPS) is 12.1. The minimum atomic E-state index is -1.09. The largest absolute Gasteiger partial charge is 0.481 e. The third-order valence-corrected chi connectivity index (χ3v) is 5.65. The molecular weight excluding hydrogens is 400 g/mol. The van der Waals surface area contributed by atoms with Crippen molar-refractivity contribution in [2.24, 2.45) is 0 Å². The van der Waals surface area contributed by atoms with E-state index >= 15 is 0 Å². The van der Waals surface area contributed by atoms with Gasteiger partial charge in [-0.15, -0.1) is 11.3 Å². The van der Waals surface area contributed by atoms with E-state index in [1.54, 1.807) is 18.2 Å². The van der Waals surface area contributed by atoms with Crippen molar-refractivity contribution in [1.29, 1.82) is 0 Å². The lowest BCUT2D eigenvalue weighted by Crippen LogP contribution is -2.29. The molecule has 0 saturated carbocycles. The van der Waals surface area contributed by atoms with Crippen molar-refractivity contribution in [3.05, 3.63) is 68.8 Å². The molecule has 26 heavy (non-hydrogen) atoms. The quantitative estimate of drug-likeness (QED) is 0.598. The molecular formula is C18H12Cl2FNO3S. The summed E-state index contributed by atoms with van der Waals surface area (Å²) in [5.41, 5.74) is 0.488. The molecule has 0 spiro atoms. The van der Waals surface area contributed by atoms with Crippen LogP contribution in [0.4, 0.5) is 4.39 Å². The predicted molar refractivity (Wildman–Crippen MR) is 101 cm³/mol. The van der Waals surface area contributed by atoms with Gasteiger partial charge in [0.15, 0.2) is 0 Å². The Labute approximate surface area is 162 Å². The van der Waals surface area contributed by atoms with Gasteiger partial charge in [0.05, 0.1) is 17.5 Å². The van der Waals surface area contributed by atoms with Gasteiger partial charge >= 0.3 is 5.97 Å². The average molecular weight is 412 g/mol. The molecule has 0 fully saturated rings. The van der Waals surface area contributed by atoms with Gasteiger partial charge in [0, 0.05) is 15.1 Å².